The molecule has 0 atom stereocenters. The van der Waals surface area contributed by atoms with Gasteiger partial charge in [0.15, 0.2) is 15.5 Å². The van der Waals surface area contributed by atoms with Crippen molar-refractivity contribution in [3.05, 3.63) is 107 Å². The van der Waals surface area contributed by atoms with E-state index in [9.17, 15) is 17.8 Å². The number of ether oxygens (including phenoxy) is 1. The molecule has 0 aliphatic carbocycles. The predicted molar refractivity (Wildman–Crippen MR) is 152 cm³/mol. The van der Waals surface area contributed by atoms with Crippen molar-refractivity contribution >= 4 is 34.8 Å². The fourth-order valence-electron chi connectivity index (χ4n) is 3.75. The summed E-state index contributed by atoms with van der Waals surface area (Å²) in [5.74, 6) is -1.08. The van der Waals surface area contributed by atoms with Crippen molar-refractivity contribution in [1.82, 2.24) is 0 Å². The summed E-state index contributed by atoms with van der Waals surface area (Å²) < 4.78 is 57.0. The lowest BCUT2D eigenvalue weighted by Crippen LogP contribution is -2.27. The van der Waals surface area contributed by atoms with E-state index in [1.54, 1.807) is 73.7 Å². The Kier molecular flexibility index (Phi) is 10.5. The third-order valence-electron chi connectivity index (χ3n) is 5.78. The van der Waals surface area contributed by atoms with Gasteiger partial charge in [0, 0.05) is 19.8 Å². The highest BCUT2D eigenvalue weighted by molar-refractivity contribution is 7.91. The minimum Gasteiger partial charge on any atom is -0.461 e. The molecular formula is C29H32NO7PS. The summed E-state index contributed by atoms with van der Waals surface area (Å²) >= 11 is 0. The summed E-state index contributed by atoms with van der Waals surface area (Å²) in [7, 11) is -5.33. The van der Waals surface area contributed by atoms with Gasteiger partial charge in [-0.3, -0.25) is 9.05 Å². The maximum absolute atomic E-state index is 13.8. The molecule has 8 nitrogen and oxygen atoms in total. The number of aryl methyl sites for hydroxylation is 1. The monoisotopic (exact) mass is 569 g/mol. The van der Waals surface area contributed by atoms with Crippen molar-refractivity contribution in [2.45, 2.75) is 25.2 Å². The molecule has 0 saturated carbocycles. The van der Waals surface area contributed by atoms with Gasteiger partial charge in [0.25, 0.3) is 0 Å². The van der Waals surface area contributed by atoms with E-state index in [0.29, 0.717) is 16.8 Å². The van der Waals surface area contributed by atoms with Crippen LogP contribution in [0.4, 0.5) is 5.69 Å². The first kappa shape index (κ1) is 30.1. The van der Waals surface area contributed by atoms with Crippen molar-refractivity contribution in [2.75, 3.05) is 31.2 Å². The zero-order valence-electron chi connectivity index (χ0n) is 22.4. The van der Waals surface area contributed by atoms with Crippen LogP contribution in [-0.2, 0) is 33.0 Å². The van der Waals surface area contributed by atoms with Gasteiger partial charge in [-0.25, -0.2) is 22.4 Å². The Morgan fingerprint density at radius 2 is 1.46 bits per heavy atom. The van der Waals surface area contributed by atoms with E-state index >= 15 is 0 Å². The van der Waals surface area contributed by atoms with Gasteiger partial charge in [-0.15, -0.1) is 0 Å². The van der Waals surface area contributed by atoms with Gasteiger partial charge in [0.05, 0.1) is 22.9 Å². The van der Waals surface area contributed by atoms with Crippen molar-refractivity contribution < 1.29 is 31.6 Å². The molecule has 0 aliphatic heterocycles. The molecule has 10 heteroatoms. The number of carbonyl (C=O) groups is 1. The number of carbonyl (C=O) groups excluding carboxylic acids is 1. The SMILES string of the molecule is CCOC(=O)C(=C=C(CCS(=O)(=O)c1ccccc1)c1ccccc1)N(c1ccc(C)cc1)P(=O)(OC)OC. The third-order valence-corrected chi connectivity index (χ3v) is 9.36. The predicted octanol–water partition coefficient (Wildman–Crippen LogP) is 6.20. The minimum absolute atomic E-state index is 0.0101. The first-order valence-corrected chi connectivity index (χ1v) is 15.4. The van der Waals surface area contributed by atoms with E-state index in [4.69, 9.17) is 13.8 Å². The number of anilines is 1. The molecule has 0 spiro atoms. The maximum Gasteiger partial charge on any atom is 0.439 e. The van der Waals surface area contributed by atoms with E-state index in [2.05, 4.69) is 5.73 Å². The topological polar surface area (TPSA) is 99.2 Å². The average Bonchev–Trinajstić information content (AvgIpc) is 2.96. The highest BCUT2D eigenvalue weighted by Gasteiger charge is 2.38. The van der Waals surface area contributed by atoms with Gasteiger partial charge in [-0.2, -0.15) is 0 Å². The second-order valence-corrected chi connectivity index (χ2v) is 12.6. The minimum atomic E-state index is -4.11. The van der Waals surface area contributed by atoms with E-state index in [1.165, 1.54) is 26.4 Å². The lowest BCUT2D eigenvalue weighted by Gasteiger charge is -2.30. The zero-order chi connectivity index (χ0) is 28.5. The highest BCUT2D eigenvalue weighted by Crippen LogP contribution is 2.55. The Bertz CT molecular complexity index is 1470. The molecule has 0 aliphatic rings. The molecule has 0 fully saturated rings. The molecule has 0 bridgehead atoms. The quantitative estimate of drug-likeness (QED) is 0.110. The van der Waals surface area contributed by atoms with Crippen LogP contribution in [0, 0.1) is 6.92 Å². The molecule has 0 unspecified atom stereocenters. The number of benzene rings is 3. The summed E-state index contributed by atoms with van der Waals surface area (Å²) in [6, 6.07) is 24.0. The Morgan fingerprint density at radius 1 is 0.897 bits per heavy atom. The van der Waals surface area contributed by atoms with Gasteiger partial charge in [-0.1, -0.05) is 72.0 Å². The Balaban J connectivity index is 2.29. The molecule has 0 aromatic heterocycles. The van der Waals surface area contributed by atoms with Crippen molar-refractivity contribution in [3.8, 4) is 0 Å². The number of rotatable bonds is 12. The van der Waals surface area contributed by atoms with Crippen LogP contribution in [0.3, 0.4) is 0 Å². The largest absolute Gasteiger partial charge is 0.461 e. The molecular weight excluding hydrogens is 537 g/mol. The Hall–Kier alpha value is -3.45. The van der Waals surface area contributed by atoms with Crippen LogP contribution >= 0.6 is 7.75 Å². The fourth-order valence-corrected chi connectivity index (χ4v) is 6.30. The van der Waals surface area contributed by atoms with Gasteiger partial charge in [0.1, 0.15) is 0 Å². The first-order chi connectivity index (χ1) is 18.6. The maximum atomic E-state index is 13.8. The smallest absolute Gasteiger partial charge is 0.439 e. The number of nitrogens with zero attached hydrogens (tertiary/aromatic N) is 1. The van der Waals surface area contributed by atoms with Crippen LogP contribution < -0.4 is 4.67 Å². The number of esters is 1. The van der Waals surface area contributed by atoms with Gasteiger partial charge in [0.2, 0.25) is 0 Å². The molecule has 0 amide bonds. The van der Waals surface area contributed by atoms with Crippen LogP contribution in [0.5, 0.6) is 0 Å². The molecule has 3 aromatic carbocycles. The van der Waals surface area contributed by atoms with Gasteiger partial charge >= 0.3 is 13.7 Å². The summed E-state index contributed by atoms with van der Waals surface area (Å²) in [4.78, 5) is 13.6. The first-order valence-electron chi connectivity index (χ1n) is 12.2. The third kappa shape index (κ3) is 7.57. The Labute approximate surface area is 230 Å². The standard InChI is InChI=1S/C29H32NO7PS/c1-5-37-29(31)28(30(38(32,35-3)36-4)26-18-16-23(2)17-19-26)22-25(24-12-8-6-9-13-24)20-21-39(33,34)27-14-10-7-11-15-27/h6-19H,5,20-21H2,1-4H3. The van der Waals surface area contributed by atoms with Crippen LogP contribution in [0.1, 0.15) is 24.5 Å². The molecule has 3 rings (SSSR count). The molecule has 0 saturated heterocycles. The van der Waals surface area contributed by atoms with Crippen LogP contribution in [0.2, 0.25) is 0 Å². The summed E-state index contributed by atoms with van der Waals surface area (Å²) in [5.41, 5.74) is 5.12. The van der Waals surface area contributed by atoms with Crippen molar-refractivity contribution in [3.63, 3.8) is 0 Å². The molecule has 0 N–H and O–H groups in total. The highest BCUT2D eigenvalue weighted by atomic mass is 32.2. The lowest BCUT2D eigenvalue weighted by molar-refractivity contribution is -0.138. The second kappa shape index (κ2) is 13.6. The van der Waals surface area contributed by atoms with E-state index in [-0.39, 0.29) is 29.4 Å². The second-order valence-electron chi connectivity index (χ2n) is 8.40. The lowest BCUT2D eigenvalue weighted by atomic mass is 10.0. The van der Waals surface area contributed by atoms with Gasteiger partial charge < -0.3 is 4.74 Å². The number of hydrogen-bond acceptors (Lipinski definition) is 7. The molecule has 0 heterocycles. The fraction of sp³-hybridized carbons (Fsp3) is 0.241. The van der Waals surface area contributed by atoms with E-state index < -0.39 is 23.6 Å². The Morgan fingerprint density at radius 3 is 2.00 bits per heavy atom. The van der Waals surface area contributed by atoms with Crippen LogP contribution in [0.25, 0.3) is 5.57 Å². The summed E-state index contributed by atoms with van der Waals surface area (Å²) in [5, 5.41) is 0. The molecule has 39 heavy (non-hydrogen) atoms. The molecule has 0 radical (unpaired) electrons. The number of sulfone groups is 1. The van der Waals surface area contributed by atoms with Gasteiger partial charge in [-0.05, 0) is 50.1 Å². The van der Waals surface area contributed by atoms with E-state index in [1.807, 2.05) is 13.0 Å². The molecule has 206 valence electrons. The van der Waals surface area contributed by atoms with E-state index in [0.717, 1.165) is 10.2 Å². The van der Waals surface area contributed by atoms with Crippen molar-refractivity contribution in [2.24, 2.45) is 0 Å². The average molecular weight is 570 g/mol. The van der Waals surface area contributed by atoms with Crippen molar-refractivity contribution in [1.29, 1.82) is 0 Å². The van der Waals surface area contributed by atoms with Crippen LogP contribution in [-0.4, -0.2) is 41.0 Å². The zero-order valence-corrected chi connectivity index (χ0v) is 24.1. The summed E-state index contributed by atoms with van der Waals surface area (Å²) in [6.45, 7) is 3.58. The summed E-state index contributed by atoms with van der Waals surface area (Å²) in [6.07, 6.45) is 0.0101. The number of hydrogen-bond donors (Lipinski definition) is 0. The van der Waals surface area contributed by atoms with Crippen LogP contribution in [0.15, 0.2) is 101 Å². The molecule has 3 aromatic rings. The normalized spacial score (nSPS) is 11.4.